The van der Waals surface area contributed by atoms with Gasteiger partial charge in [-0.1, -0.05) is 6.07 Å². The van der Waals surface area contributed by atoms with Crippen molar-refractivity contribution in [3.63, 3.8) is 0 Å². The second kappa shape index (κ2) is 5.52. The summed E-state index contributed by atoms with van der Waals surface area (Å²) in [5.41, 5.74) is 9.79. The maximum atomic E-state index is 12.0. The number of benzene rings is 1. The van der Waals surface area contributed by atoms with E-state index in [0.29, 0.717) is 17.8 Å². The molecule has 0 bridgehead atoms. The third kappa shape index (κ3) is 3.31. The van der Waals surface area contributed by atoms with Crippen molar-refractivity contribution in [2.45, 2.75) is 20.4 Å². The lowest BCUT2D eigenvalue weighted by atomic mass is 10.1. The Morgan fingerprint density at radius 1 is 1.26 bits per heavy atom. The number of aromatic nitrogens is 1. The largest absolute Gasteiger partial charge is 0.399 e. The van der Waals surface area contributed by atoms with Crippen LogP contribution < -0.4 is 11.1 Å². The van der Waals surface area contributed by atoms with Crippen molar-refractivity contribution in [1.29, 1.82) is 0 Å². The van der Waals surface area contributed by atoms with E-state index in [4.69, 9.17) is 5.73 Å². The number of nitrogens with zero attached hydrogens (tertiary/aromatic N) is 1. The third-order valence-electron chi connectivity index (χ3n) is 2.92. The molecule has 2 rings (SSSR count). The first-order chi connectivity index (χ1) is 9.06. The zero-order valence-corrected chi connectivity index (χ0v) is 11.1. The zero-order chi connectivity index (χ0) is 13.8. The van der Waals surface area contributed by atoms with Crippen molar-refractivity contribution in [1.82, 2.24) is 10.3 Å². The summed E-state index contributed by atoms with van der Waals surface area (Å²) in [7, 11) is 0. The molecule has 1 heterocycles. The minimum absolute atomic E-state index is 0.0990. The molecular formula is C15H17N3O. The number of amides is 1. The van der Waals surface area contributed by atoms with E-state index < -0.39 is 0 Å². The van der Waals surface area contributed by atoms with Gasteiger partial charge in [-0.25, -0.2) is 0 Å². The molecule has 0 aliphatic rings. The van der Waals surface area contributed by atoms with Gasteiger partial charge in [-0.05, 0) is 49.2 Å². The molecule has 0 unspecified atom stereocenters. The van der Waals surface area contributed by atoms with Crippen LogP contribution >= 0.6 is 0 Å². The maximum Gasteiger partial charge on any atom is 0.251 e. The lowest BCUT2D eigenvalue weighted by Gasteiger charge is -2.08. The fourth-order valence-corrected chi connectivity index (χ4v) is 1.82. The first-order valence-electron chi connectivity index (χ1n) is 6.12. The van der Waals surface area contributed by atoms with E-state index in [0.717, 1.165) is 16.8 Å². The summed E-state index contributed by atoms with van der Waals surface area (Å²) in [5, 5.41) is 2.88. The van der Waals surface area contributed by atoms with Crippen LogP contribution in [0.4, 0.5) is 5.69 Å². The predicted molar refractivity (Wildman–Crippen MR) is 75.7 cm³/mol. The molecule has 4 heteroatoms. The normalized spacial score (nSPS) is 10.2. The first-order valence-corrected chi connectivity index (χ1v) is 6.12. The van der Waals surface area contributed by atoms with Crippen molar-refractivity contribution >= 4 is 11.6 Å². The predicted octanol–water partition coefficient (Wildman–Crippen LogP) is 2.21. The molecule has 0 aliphatic heterocycles. The second-order valence-corrected chi connectivity index (χ2v) is 4.56. The van der Waals surface area contributed by atoms with Crippen molar-refractivity contribution in [3.8, 4) is 0 Å². The summed E-state index contributed by atoms with van der Waals surface area (Å²) in [6.07, 6.45) is 1.77. The number of carbonyl (C=O) groups excluding carboxylic acids is 1. The van der Waals surface area contributed by atoms with Crippen molar-refractivity contribution < 1.29 is 4.79 Å². The van der Waals surface area contributed by atoms with Gasteiger partial charge in [0.25, 0.3) is 5.91 Å². The highest BCUT2D eigenvalue weighted by Crippen LogP contribution is 2.12. The Labute approximate surface area is 112 Å². The summed E-state index contributed by atoms with van der Waals surface area (Å²) in [6, 6.07) is 9.15. The Morgan fingerprint density at radius 3 is 2.68 bits per heavy atom. The van der Waals surface area contributed by atoms with E-state index in [2.05, 4.69) is 10.3 Å². The number of nitrogens with two attached hydrogens (primary N) is 1. The number of aryl methyl sites for hydroxylation is 2. The number of carbonyl (C=O) groups is 1. The molecule has 0 saturated heterocycles. The quantitative estimate of drug-likeness (QED) is 0.826. The third-order valence-corrected chi connectivity index (χ3v) is 2.92. The van der Waals surface area contributed by atoms with Crippen LogP contribution in [-0.2, 0) is 6.54 Å². The molecule has 1 aromatic carbocycles. The second-order valence-electron chi connectivity index (χ2n) is 4.56. The van der Waals surface area contributed by atoms with Crippen LogP contribution in [0, 0.1) is 13.8 Å². The van der Waals surface area contributed by atoms with Gasteiger partial charge >= 0.3 is 0 Å². The minimum Gasteiger partial charge on any atom is -0.399 e. The molecule has 0 spiro atoms. The molecule has 4 nitrogen and oxygen atoms in total. The summed E-state index contributed by atoms with van der Waals surface area (Å²) < 4.78 is 0. The van der Waals surface area contributed by atoms with E-state index in [1.165, 1.54) is 0 Å². The van der Waals surface area contributed by atoms with Crippen molar-refractivity contribution in [3.05, 3.63) is 58.9 Å². The average Bonchev–Trinajstić information content (AvgIpc) is 2.37. The number of anilines is 1. The van der Waals surface area contributed by atoms with E-state index in [9.17, 15) is 4.79 Å². The maximum absolute atomic E-state index is 12.0. The van der Waals surface area contributed by atoms with E-state index >= 15 is 0 Å². The molecule has 0 atom stereocenters. The van der Waals surface area contributed by atoms with Crippen LogP contribution in [-0.4, -0.2) is 10.9 Å². The smallest absolute Gasteiger partial charge is 0.251 e. The highest BCUT2D eigenvalue weighted by molar-refractivity contribution is 5.95. The summed E-state index contributed by atoms with van der Waals surface area (Å²) in [6.45, 7) is 4.27. The van der Waals surface area contributed by atoms with Crippen LogP contribution in [0.15, 0.2) is 36.5 Å². The monoisotopic (exact) mass is 255 g/mol. The van der Waals surface area contributed by atoms with Gasteiger partial charge in [0, 0.05) is 29.7 Å². The van der Waals surface area contributed by atoms with Crippen LogP contribution in [0.3, 0.4) is 0 Å². The zero-order valence-electron chi connectivity index (χ0n) is 11.1. The number of hydrogen-bond donors (Lipinski definition) is 2. The van der Waals surface area contributed by atoms with Gasteiger partial charge in [-0.3, -0.25) is 9.78 Å². The van der Waals surface area contributed by atoms with Crippen LogP contribution in [0.25, 0.3) is 0 Å². The van der Waals surface area contributed by atoms with Gasteiger partial charge in [0.1, 0.15) is 0 Å². The lowest BCUT2D eigenvalue weighted by Crippen LogP contribution is -2.23. The summed E-state index contributed by atoms with van der Waals surface area (Å²) in [4.78, 5) is 16.2. The summed E-state index contributed by atoms with van der Waals surface area (Å²) in [5.74, 6) is -0.0990. The van der Waals surface area contributed by atoms with Crippen LogP contribution in [0.2, 0.25) is 0 Å². The molecule has 0 fully saturated rings. The number of nitrogens with one attached hydrogen (secondary N) is 1. The van der Waals surface area contributed by atoms with Crippen molar-refractivity contribution in [2.75, 3.05) is 5.73 Å². The molecule has 0 aliphatic carbocycles. The van der Waals surface area contributed by atoms with Crippen LogP contribution in [0.5, 0.6) is 0 Å². The molecule has 19 heavy (non-hydrogen) atoms. The minimum atomic E-state index is -0.0990. The number of rotatable bonds is 3. The SMILES string of the molecule is Cc1ccc(CNC(=O)c2ccc(N)cc2C)cn1. The molecule has 1 aromatic heterocycles. The Kier molecular flexibility index (Phi) is 3.80. The number of nitrogen functional groups attached to an aromatic ring is 1. The van der Waals surface area contributed by atoms with Gasteiger partial charge in [0.2, 0.25) is 0 Å². The molecule has 0 saturated carbocycles. The molecular weight excluding hydrogens is 238 g/mol. The van der Waals surface area contributed by atoms with E-state index in [1.54, 1.807) is 24.4 Å². The van der Waals surface area contributed by atoms with E-state index in [1.807, 2.05) is 26.0 Å². The molecule has 2 aromatic rings. The Bertz CT molecular complexity index is 591. The topological polar surface area (TPSA) is 68.0 Å². The summed E-state index contributed by atoms with van der Waals surface area (Å²) >= 11 is 0. The van der Waals surface area contributed by atoms with Gasteiger partial charge in [0.05, 0.1) is 0 Å². The molecule has 3 N–H and O–H groups in total. The Hall–Kier alpha value is -2.36. The van der Waals surface area contributed by atoms with Gasteiger partial charge in [0.15, 0.2) is 0 Å². The Morgan fingerprint density at radius 2 is 2.05 bits per heavy atom. The number of pyridine rings is 1. The highest BCUT2D eigenvalue weighted by Gasteiger charge is 2.08. The van der Waals surface area contributed by atoms with Gasteiger partial charge in [-0.2, -0.15) is 0 Å². The standard InChI is InChI=1S/C15H17N3O/c1-10-7-13(16)5-6-14(10)15(19)18-9-12-4-3-11(2)17-8-12/h3-8H,9,16H2,1-2H3,(H,18,19). The Balaban J connectivity index is 2.03. The fraction of sp³-hybridized carbons (Fsp3) is 0.200. The molecule has 0 radical (unpaired) electrons. The van der Waals surface area contributed by atoms with Crippen LogP contribution in [0.1, 0.15) is 27.2 Å². The van der Waals surface area contributed by atoms with Gasteiger partial charge in [-0.15, -0.1) is 0 Å². The molecule has 1 amide bonds. The van der Waals surface area contributed by atoms with Crippen molar-refractivity contribution in [2.24, 2.45) is 0 Å². The highest BCUT2D eigenvalue weighted by atomic mass is 16.1. The first kappa shape index (κ1) is 13.1. The average molecular weight is 255 g/mol. The van der Waals surface area contributed by atoms with E-state index in [-0.39, 0.29) is 5.91 Å². The molecule has 98 valence electrons. The lowest BCUT2D eigenvalue weighted by molar-refractivity contribution is 0.0950. The fourth-order valence-electron chi connectivity index (χ4n) is 1.82. The number of hydrogen-bond acceptors (Lipinski definition) is 3. The van der Waals surface area contributed by atoms with Gasteiger partial charge < -0.3 is 11.1 Å².